The van der Waals surface area contributed by atoms with Gasteiger partial charge in [0.15, 0.2) is 0 Å². The molecule has 0 radical (unpaired) electrons. The van der Waals surface area contributed by atoms with E-state index >= 15 is 0 Å². The number of nitrogens with one attached hydrogen (secondary N) is 3. The van der Waals surface area contributed by atoms with E-state index in [0.29, 0.717) is 22.5 Å². The second-order valence-electron chi connectivity index (χ2n) is 5.75. The van der Waals surface area contributed by atoms with E-state index < -0.39 is 5.97 Å². The lowest BCUT2D eigenvalue weighted by Crippen LogP contribution is -2.37. The van der Waals surface area contributed by atoms with Crippen molar-refractivity contribution >= 4 is 23.5 Å². The normalized spacial score (nSPS) is 11.4. The molecule has 0 aliphatic carbocycles. The van der Waals surface area contributed by atoms with Gasteiger partial charge in [0.25, 0.3) is 5.91 Å². The molecule has 1 rings (SSSR count). The summed E-state index contributed by atoms with van der Waals surface area (Å²) in [4.78, 5) is 35.2. The van der Waals surface area contributed by atoms with Crippen LogP contribution in [-0.2, 0) is 14.3 Å². The molecule has 0 saturated carbocycles. The zero-order valence-corrected chi connectivity index (χ0v) is 15.2. The summed E-state index contributed by atoms with van der Waals surface area (Å²) < 4.78 is 5.04. The number of ether oxygens (including phenoxy) is 1. The van der Waals surface area contributed by atoms with Gasteiger partial charge in [-0.15, -0.1) is 0 Å². The van der Waals surface area contributed by atoms with Crippen LogP contribution in [0.5, 0.6) is 0 Å². The Bertz CT molecular complexity index is 663. The SMILES string of the molecule is CCOC(=O)C(=C(C)NNC(=O)c1ccc(NC(C)=O)cc1)C(C)C. The largest absolute Gasteiger partial charge is 0.463 e. The maximum absolute atomic E-state index is 12.2. The first-order valence-electron chi connectivity index (χ1n) is 8.08. The molecule has 0 aromatic heterocycles. The number of carbonyl (C=O) groups excluding carboxylic acids is 3. The number of allylic oxidation sites excluding steroid dienone is 1. The fourth-order valence-electron chi connectivity index (χ4n) is 2.23. The molecule has 7 nitrogen and oxygen atoms in total. The molecule has 0 aliphatic rings. The van der Waals surface area contributed by atoms with Gasteiger partial charge in [-0.1, -0.05) is 13.8 Å². The van der Waals surface area contributed by atoms with Crippen LogP contribution >= 0.6 is 0 Å². The molecule has 1 aromatic rings. The molecule has 1 aromatic carbocycles. The summed E-state index contributed by atoms with van der Waals surface area (Å²) in [6.45, 7) is 8.89. The number of esters is 1. The molecule has 2 amide bonds. The lowest BCUT2D eigenvalue weighted by Gasteiger charge is -2.16. The first-order chi connectivity index (χ1) is 11.8. The highest BCUT2D eigenvalue weighted by molar-refractivity contribution is 5.95. The molecule has 0 fully saturated rings. The highest BCUT2D eigenvalue weighted by Crippen LogP contribution is 2.15. The van der Waals surface area contributed by atoms with Crippen LogP contribution in [0.3, 0.4) is 0 Å². The topological polar surface area (TPSA) is 96.5 Å². The Labute approximate surface area is 147 Å². The molecule has 0 unspecified atom stereocenters. The number of benzene rings is 1. The van der Waals surface area contributed by atoms with Crippen LogP contribution in [0.2, 0.25) is 0 Å². The quantitative estimate of drug-likeness (QED) is 0.400. The number of carbonyl (C=O) groups is 3. The molecule has 0 saturated heterocycles. The van der Waals surface area contributed by atoms with E-state index in [4.69, 9.17) is 4.74 Å². The first-order valence-corrected chi connectivity index (χ1v) is 8.08. The predicted molar refractivity (Wildman–Crippen MR) is 95.5 cm³/mol. The molecule has 0 spiro atoms. The maximum atomic E-state index is 12.2. The van der Waals surface area contributed by atoms with Crippen LogP contribution < -0.4 is 16.2 Å². The van der Waals surface area contributed by atoms with Crippen LogP contribution in [0.1, 0.15) is 45.0 Å². The average molecular weight is 347 g/mol. The third-order valence-electron chi connectivity index (χ3n) is 3.31. The van der Waals surface area contributed by atoms with Gasteiger partial charge in [0.1, 0.15) is 0 Å². The third-order valence-corrected chi connectivity index (χ3v) is 3.31. The van der Waals surface area contributed by atoms with Crippen LogP contribution in [-0.4, -0.2) is 24.4 Å². The molecule has 0 bridgehead atoms. The van der Waals surface area contributed by atoms with Crippen molar-refractivity contribution in [2.45, 2.75) is 34.6 Å². The lowest BCUT2D eigenvalue weighted by atomic mass is 10.0. The Balaban J connectivity index is 2.77. The van der Waals surface area contributed by atoms with E-state index in [1.807, 2.05) is 13.8 Å². The zero-order valence-electron chi connectivity index (χ0n) is 15.2. The van der Waals surface area contributed by atoms with Crippen molar-refractivity contribution in [1.82, 2.24) is 10.9 Å². The molecular weight excluding hydrogens is 322 g/mol. The van der Waals surface area contributed by atoms with Gasteiger partial charge in [0.05, 0.1) is 12.2 Å². The Kier molecular flexibility index (Phi) is 7.65. The van der Waals surface area contributed by atoms with E-state index in [2.05, 4.69) is 16.2 Å². The van der Waals surface area contributed by atoms with Crippen LogP contribution in [0.25, 0.3) is 0 Å². The molecule has 0 heterocycles. The van der Waals surface area contributed by atoms with Gasteiger partial charge in [-0.05, 0) is 44.0 Å². The van der Waals surface area contributed by atoms with Gasteiger partial charge >= 0.3 is 5.97 Å². The van der Waals surface area contributed by atoms with Crippen molar-refractivity contribution in [3.05, 3.63) is 41.1 Å². The van der Waals surface area contributed by atoms with Crippen LogP contribution in [0, 0.1) is 5.92 Å². The minimum Gasteiger partial charge on any atom is -0.463 e. The summed E-state index contributed by atoms with van der Waals surface area (Å²) in [5, 5.41) is 2.63. The predicted octanol–water partition coefficient (Wildman–Crippen LogP) is 2.37. The van der Waals surface area contributed by atoms with E-state index in [1.54, 1.807) is 38.1 Å². The Morgan fingerprint density at radius 3 is 2.12 bits per heavy atom. The second-order valence-corrected chi connectivity index (χ2v) is 5.75. The van der Waals surface area contributed by atoms with Crippen molar-refractivity contribution in [1.29, 1.82) is 0 Å². The van der Waals surface area contributed by atoms with Gasteiger partial charge in [-0.2, -0.15) is 0 Å². The van der Waals surface area contributed by atoms with E-state index in [9.17, 15) is 14.4 Å². The standard InChI is InChI=1S/C18H25N3O4/c1-6-25-18(24)16(11(2)3)12(4)20-21-17(23)14-7-9-15(10-8-14)19-13(5)22/h7-11,20H,6H2,1-5H3,(H,19,22)(H,21,23). The van der Waals surface area contributed by atoms with Crippen molar-refractivity contribution in [2.75, 3.05) is 11.9 Å². The fourth-order valence-corrected chi connectivity index (χ4v) is 2.23. The summed E-state index contributed by atoms with van der Waals surface area (Å²) in [5.41, 5.74) is 7.33. The van der Waals surface area contributed by atoms with Crippen molar-refractivity contribution < 1.29 is 19.1 Å². The lowest BCUT2D eigenvalue weighted by molar-refractivity contribution is -0.139. The van der Waals surface area contributed by atoms with Gasteiger partial charge in [-0.25, -0.2) is 4.79 Å². The number of rotatable bonds is 7. The molecule has 25 heavy (non-hydrogen) atoms. The van der Waals surface area contributed by atoms with Crippen LogP contribution in [0.15, 0.2) is 35.5 Å². The summed E-state index contributed by atoms with van der Waals surface area (Å²) in [6, 6.07) is 6.46. The summed E-state index contributed by atoms with van der Waals surface area (Å²) in [6.07, 6.45) is 0. The Morgan fingerprint density at radius 2 is 1.64 bits per heavy atom. The summed E-state index contributed by atoms with van der Waals surface area (Å²) in [7, 11) is 0. The van der Waals surface area contributed by atoms with E-state index in [1.165, 1.54) is 6.92 Å². The van der Waals surface area contributed by atoms with Gasteiger partial charge in [-0.3, -0.25) is 15.0 Å². The van der Waals surface area contributed by atoms with Crippen molar-refractivity contribution in [2.24, 2.45) is 5.92 Å². The average Bonchev–Trinajstić information content (AvgIpc) is 2.52. The molecule has 7 heteroatoms. The first kappa shape index (κ1) is 20.2. The molecule has 0 aliphatic heterocycles. The third kappa shape index (κ3) is 6.29. The Hall–Kier alpha value is -2.83. The molecule has 3 N–H and O–H groups in total. The molecular formula is C18H25N3O4. The maximum Gasteiger partial charge on any atom is 0.336 e. The van der Waals surface area contributed by atoms with Gasteiger partial charge < -0.3 is 15.5 Å². The van der Waals surface area contributed by atoms with E-state index in [0.717, 1.165) is 0 Å². The minimum absolute atomic E-state index is 0.0552. The highest BCUT2D eigenvalue weighted by atomic mass is 16.5. The van der Waals surface area contributed by atoms with Crippen molar-refractivity contribution in [3.63, 3.8) is 0 Å². The smallest absolute Gasteiger partial charge is 0.336 e. The fraction of sp³-hybridized carbons (Fsp3) is 0.389. The van der Waals surface area contributed by atoms with Gasteiger partial charge in [0, 0.05) is 23.9 Å². The van der Waals surface area contributed by atoms with Gasteiger partial charge in [0.2, 0.25) is 5.91 Å². The number of anilines is 1. The number of amides is 2. The minimum atomic E-state index is -0.406. The second kappa shape index (κ2) is 9.46. The monoisotopic (exact) mass is 347 g/mol. The van der Waals surface area contributed by atoms with Crippen molar-refractivity contribution in [3.8, 4) is 0 Å². The summed E-state index contributed by atoms with van der Waals surface area (Å²) in [5.74, 6) is -1.00. The van der Waals surface area contributed by atoms with E-state index in [-0.39, 0.29) is 24.3 Å². The number of hydrogen-bond acceptors (Lipinski definition) is 5. The highest BCUT2D eigenvalue weighted by Gasteiger charge is 2.18. The zero-order chi connectivity index (χ0) is 19.0. The van der Waals surface area contributed by atoms with Crippen LogP contribution in [0.4, 0.5) is 5.69 Å². The molecule has 136 valence electrons. The Morgan fingerprint density at radius 1 is 1.04 bits per heavy atom. The number of hydrogen-bond donors (Lipinski definition) is 3. The number of hydrazine groups is 1. The summed E-state index contributed by atoms with van der Waals surface area (Å²) >= 11 is 0. The molecule has 0 atom stereocenters.